The number of aromatic nitrogens is 1. The number of rotatable bonds is 3. The zero-order chi connectivity index (χ0) is 14.8. The van der Waals surface area contributed by atoms with Gasteiger partial charge >= 0.3 is 0 Å². The Labute approximate surface area is 127 Å². The lowest BCUT2D eigenvalue weighted by atomic mass is 10.0. The van der Waals surface area contributed by atoms with Crippen LogP contribution in [0.4, 0.5) is 11.4 Å². The summed E-state index contributed by atoms with van der Waals surface area (Å²) in [6.45, 7) is 8.55. The Balaban J connectivity index is 1.98. The summed E-state index contributed by atoms with van der Waals surface area (Å²) in [5.74, 6) is 0. The number of pyridine rings is 1. The van der Waals surface area contributed by atoms with Crippen molar-refractivity contribution >= 4 is 11.4 Å². The minimum absolute atomic E-state index is 0.528. The molecule has 1 aromatic carbocycles. The summed E-state index contributed by atoms with van der Waals surface area (Å²) in [4.78, 5) is 6.77. The predicted molar refractivity (Wildman–Crippen MR) is 88.9 cm³/mol. The molecule has 1 aliphatic rings. The maximum Gasteiger partial charge on any atom is 0.0611 e. The number of benzene rings is 1. The van der Waals surface area contributed by atoms with E-state index in [1.165, 1.54) is 28.1 Å². The molecule has 1 unspecified atom stereocenters. The van der Waals surface area contributed by atoms with Crippen LogP contribution in [0.2, 0.25) is 0 Å². The van der Waals surface area contributed by atoms with Crippen molar-refractivity contribution in [3.63, 3.8) is 0 Å². The van der Waals surface area contributed by atoms with Crippen LogP contribution in [0.25, 0.3) is 0 Å². The van der Waals surface area contributed by atoms with Crippen LogP contribution < -0.4 is 10.2 Å². The van der Waals surface area contributed by atoms with Gasteiger partial charge in [-0.2, -0.15) is 0 Å². The normalized spacial score (nSPS) is 17.3. The van der Waals surface area contributed by atoms with Crippen LogP contribution >= 0.6 is 0 Å². The molecule has 110 valence electrons. The Kier molecular flexibility index (Phi) is 3.82. The molecule has 0 bridgehead atoms. The first-order valence-corrected chi connectivity index (χ1v) is 7.69. The second-order valence-electron chi connectivity index (χ2n) is 5.89. The maximum absolute atomic E-state index is 4.25. The van der Waals surface area contributed by atoms with E-state index in [1.807, 2.05) is 18.5 Å². The summed E-state index contributed by atoms with van der Waals surface area (Å²) in [6, 6.07) is 9.28. The largest absolute Gasteiger partial charge is 0.381 e. The lowest BCUT2D eigenvalue weighted by Crippen LogP contribution is -2.43. The van der Waals surface area contributed by atoms with Crippen molar-refractivity contribution in [2.75, 3.05) is 16.8 Å². The van der Waals surface area contributed by atoms with Gasteiger partial charge in [0.25, 0.3) is 0 Å². The van der Waals surface area contributed by atoms with Gasteiger partial charge in [0.15, 0.2) is 0 Å². The van der Waals surface area contributed by atoms with E-state index in [9.17, 15) is 0 Å². The number of fused-ring (bicyclic) bond motifs is 1. The molecule has 1 N–H and O–H groups in total. The minimum Gasteiger partial charge on any atom is -0.381 e. The number of hydrogen-bond acceptors (Lipinski definition) is 3. The number of anilines is 2. The minimum atomic E-state index is 0.528. The summed E-state index contributed by atoms with van der Waals surface area (Å²) < 4.78 is 0. The molecule has 0 saturated heterocycles. The summed E-state index contributed by atoms with van der Waals surface area (Å²) in [6.07, 6.45) is 4.94. The average Bonchev–Trinajstić information content (AvgIpc) is 2.50. The maximum atomic E-state index is 4.25. The van der Waals surface area contributed by atoms with Crippen LogP contribution in [0.1, 0.15) is 30.0 Å². The Bertz CT molecular complexity index is 622. The van der Waals surface area contributed by atoms with Crippen LogP contribution in [0.15, 0.2) is 36.7 Å². The van der Waals surface area contributed by atoms with Gasteiger partial charge < -0.3 is 10.2 Å². The highest BCUT2D eigenvalue weighted by Gasteiger charge is 2.25. The molecular formula is C18H23N3. The van der Waals surface area contributed by atoms with Crippen LogP contribution in [0.3, 0.4) is 0 Å². The molecule has 0 radical (unpaired) electrons. The molecule has 3 rings (SSSR count). The Hall–Kier alpha value is -2.03. The zero-order valence-corrected chi connectivity index (χ0v) is 13.1. The number of nitrogens with one attached hydrogen (secondary N) is 1. The van der Waals surface area contributed by atoms with Crippen molar-refractivity contribution in [1.82, 2.24) is 4.98 Å². The first-order valence-electron chi connectivity index (χ1n) is 7.69. The molecule has 2 heterocycles. The average molecular weight is 281 g/mol. The van der Waals surface area contributed by atoms with Crippen molar-refractivity contribution in [1.29, 1.82) is 0 Å². The topological polar surface area (TPSA) is 28.2 Å². The van der Waals surface area contributed by atoms with E-state index in [-0.39, 0.29) is 0 Å². The third-order valence-corrected chi connectivity index (χ3v) is 4.44. The van der Waals surface area contributed by atoms with Crippen LogP contribution in [-0.4, -0.2) is 17.6 Å². The molecule has 1 aromatic heterocycles. The van der Waals surface area contributed by atoms with Crippen LogP contribution in [0, 0.1) is 13.8 Å². The molecule has 3 heteroatoms. The quantitative estimate of drug-likeness (QED) is 0.924. The third-order valence-electron chi connectivity index (χ3n) is 4.44. The van der Waals surface area contributed by atoms with Gasteiger partial charge in [-0.1, -0.05) is 13.0 Å². The van der Waals surface area contributed by atoms with E-state index in [0.717, 1.165) is 19.5 Å². The summed E-state index contributed by atoms with van der Waals surface area (Å²) >= 11 is 0. The van der Waals surface area contributed by atoms with E-state index < -0.39 is 0 Å². The summed E-state index contributed by atoms with van der Waals surface area (Å²) in [7, 11) is 0. The predicted octanol–water partition coefficient (Wildman–Crippen LogP) is 3.91. The lowest BCUT2D eigenvalue weighted by Gasteiger charge is -2.39. The molecule has 21 heavy (non-hydrogen) atoms. The fraction of sp³-hybridized carbons (Fsp3) is 0.389. The van der Waals surface area contributed by atoms with Gasteiger partial charge in [0.1, 0.15) is 0 Å². The van der Waals surface area contributed by atoms with E-state index in [0.29, 0.717) is 6.04 Å². The Morgan fingerprint density at radius 3 is 2.81 bits per heavy atom. The standard InChI is InChI=1S/C18H23N3/c1-4-16-11-20-17-8-13(2)14(3)9-18(17)21(16)12-15-6-5-7-19-10-15/h5-10,16,20H,4,11-12H2,1-3H3. The van der Waals surface area contributed by atoms with Gasteiger partial charge in [-0.05, 0) is 55.2 Å². The summed E-state index contributed by atoms with van der Waals surface area (Å²) in [5.41, 5.74) is 6.54. The van der Waals surface area contributed by atoms with E-state index in [2.05, 4.69) is 54.2 Å². The van der Waals surface area contributed by atoms with E-state index in [4.69, 9.17) is 0 Å². The molecule has 3 nitrogen and oxygen atoms in total. The highest BCUT2D eigenvalue weighted by atomic mass is 15.2. The van der Waals surface area contributed by atoms with Crippen LogP contribution in [0.5, 0.6) is 0 Å². The van der Waals surface area contributed by atoms with E-state index >= 15 is 0 Å². The summed E-state index contributed by atoms with van der Waals surface area (Å²) in [5, 5.41) is 3.59. The fourth-order valence-electron chi connectivity index (χ4n) is 2.98. The van der Waals surface area contributed by atoms with Crippen molar-refractivity contribution in [2.45, 2.75) is 39.8 Å². The molecule has 0 amide bonds. The zero-order valence-electron chi connectivity index (χ0n) is 13.1. The Morgan fingerprint density at radius 1 is 1.29 bits per heavy atom. The molecule has 0 spiro atoms. The van der Waals surface area contributed by atoms with Crippen molar-refractivity contribution < 1.29 is 0 Å². The molecule has 2 aromatic rings. The lowest BCUT2D eigenvalue weighted by molar-refractivity contribution is 0.579. The molecule has 0 saturated carbocycles. The number of nitrogens with zero attached hydrogens (tertiary/aromatic N) is 2. The molecule has 1 atom stereocenters. The van der Waals surface area contributed by atoms with Gasteiger partial charge in [0.05, 0.1) is 11.4 Å². The number of aryl methyl sites for hydroxylation is 2. The van der Waals surface area contributed by atoms with Gasteiger partial charge in [-0.25, -0.2) is 0 Å². The highest BCUT2D eigenvalue weighted by Crippen LogP contribution is 2.35. The van der Waals surface area contributed by atoms with Crippen molar-refractivity contribution in [3.8, 4) is 0 Å². The van der Waals surface area contributed by atoms with Gasteiger partial charge in [-0.3, -0.25) is 4.98 Å². The molecule has 0 aliphatic carbocycles. The SMILES string of the molecule is CCC1CNc2cc(C)c(C)cc2N1Cc1cccnc1. The highest BCUT2D eigenvalue weighted by molar-refractivity contribution is 5.74. The van der Waals surface area contributed by atoms with Gasteiger partial charge in [0, 0.05) is 31.5 Å². The monoisotopic (exact) mass is 281 g/mol. The fourth-order valence-corrected chi connectivity index (χ4v) is 2.98. The second-order valence-corrected chi connectivity index (χ2v) is 5.89. The Morgan fingerprint density at radius 2 is 2.10 bits per heavy atom. The molecule has 0 fully saturated rings. The first-order chi connectivity index (χ1) is 10.2. The van der Waals surface area contributed by atoms with Crippen molar-refractivity contribution in [3.05, 3.63) is 53.3 Å². The van der Waals surface area contributed by atoms with E-state index in [1.54, 1.807) is 0 Å². The van der Waals surface area contributed by atoms with Gasteiger partial charge in [-0.15, -0.1) is 0 Å². The van der Waals surface area contributed by atoms with Gasteiger partial charge in [0.2, 0.25) is 0 Å². The molecule has 1 aliphatic heterocycles. The van der Waals surface area contributed by atoms with Crippen molar-refractivity contribution in [2.24, 2.45) is 0 Å². The smallest absolute Gasteiger partial charge is 0.0611 e. The second kappa shape index (κ2) is 5.76. The third kappa shape index (κ3) is 2.73. The van der Waals surface area contributed by atoms with Crippen LogP contribution in [-0.2, 0) is 6.54 Å². The molecular weight excluding hydrogens is 258 g/mol. The number of hydrogen-bond donors (Lipinski definition) is 1. The first kappa shape index (κ1) is 13.9.